The monoisotopic (exact) mass is 343 g/mol. The molecule has 4 nitrogen and oxygen atoms in total. The molecule has 0 saturated heterocycles. The topological polar surface area (TPSA) is 62.5 Å². The Kier molecular flexibility index (Phi) is 5.43. The molecule has 0 fully saturated rings. The van der Waals surface area contributed by atoms with Crippen molar-refractivity contribution in [2.75, 3.05) is 24.7 Å². The first-order valence-corrected chi connectivity index (χ1v) is 9.25. The third kappa shape index (κ3) is 3.42. The molecule has 1 amide bonds. The molecule has 3 aromatic rings. The summed E-state index contributed by atoms with van der Waals surface area (Å²) in [5.41, 5.74) is 1.65. The highest BCUT2D eigenvalue weighted by atomic mass is 32.2. The van der Waals surface area contributed by atoms with Gasteiger partial charge in [-0.3, -0.25) is 4.79 Å². The molecule has 5 heteroatoms. The molecule has 0 radical (unpaired) electrons. The molecule has 0 aliphatic rings. The Morgan fingerprint density at radius 3 is 2.83 bits per heavy atom. The number of aliphatic hydroxyl groups is 1. The molecule has 0 spiro atoms. The van der Waals surface area contributed by atoms with E-state index in [1.165, 1.54) is 0 Å². The van der Waals surface area contributed by atoms with Gasteiger partial charge in [0, 0.05) is 35.2 Å². The van der Waals surface area contributed by atoms with Gasteiger partial charge < -0.3 is 14.8 Å². The van der Waals surface area contributed by atoms with E-state index in [1.807, 2.05) is 37.3 Å². The van der Waals surface area contributed by atoms with E-state index in [4.69, 9.17) is 9.52 Å². The van der Waals surface area contributed by atoms with Gasteiger partial charge in [-0.05, 0) is 24.5 Å². The molecule has 126 valence electrons. The average Bonchev–Trinajstić information content (AvgIpc) is 2.95. The van der Waals surface area contributed by atoms with Crippen molar-refractivity contribution in [2.45, 2.75) is 13.3 Å². The van der Waals surface area contributed by atoms with Crippen molar-refractivity contribution in [1.29, 1.82) is 0 Å². The largest absolute Gasteiger partial charge is 0.450 e. The number of nitrogens with one attached hydrogen (secondary N) is 1. The summed E-state index contributed by atoms with van der Waals surface area (Å²) < 4.78 is 5.92. The molecule has 24 heavy (non-hydrogen) atoms. The van der Waals surface area contributed by atoms with E-state index in [0.29, 0.717) is 12.3 Å². The number of aryl methyl sites for hydroxylation is 1. The van der Waals surface area contributed by atoms with Crippen LogP contribution < -0.4 is 5.32 Å². The summed E-state index contributed by atoms with van der Waals surface area (Å²) in [6.07, 6.45) is 0.786. The molecule has 0 aliphatic heterocycles. The summed E-state index contributed by atoms with van der Waals surface area (Å²) in [5, 5.41) is 14.8. The highest BCUT2D eigenvalue weighted by Crippen LogP contribution is 2.31. The Morgan fingerprint density at radius 1 is 1.17 bits per heavy atom. The van der Waals surface area contributed by atoms with Crippen LogP contribution in [-0.4, -0.2) is 35.7 Å². The number of hydrogen-bond acceptors (Lipinski definition) is 4. The Morgan fingerprint density at radius 2 is 2.00 bits per heavy atom. The third-order valence-electron chi connectivity index (χ3n) is 4.01. The normalized spacial score (nSPS) is 11.2. The molecule has 0 atom stereocenters. The number of carbonyl (C=O) groups is 1. The maximum Gasteiger partial charge on any atom is 0.287 e. The fraction of sp³-hybridized carbons (Fsp3) is 0.316. The molecule has 2 N–H and O–H groups in total. The minimum atomic E-state index is -0.171. The van der Waals surface area contributed by atoms with Crippen LogP contribution in [0, 0.1) is 6.92 Å². The quantitative estimate of drug-likeness (QED) is 0.642. The second-order valence-electron chi connectivity index (χ2n) is 5.67. The van der Waals surface area contributed by atoms with Crippen LogP contribution in [0.4, 0.5) is 0 Å². The van der Waals surface area contributed by atoms with E-state index in [2.05, 4.69) is 11.4 Å². The van der Waals surface area contributed by atoms with Crippen LogP contribution in [-0.2, 0) is 0 Å². The molecule has 0 saturated carbocycles. The zero-order valence-corrected chi connectivity index (χ0v) is 14.5. The lowest BCUT2D eigenvalue weighted by Gasteiger charge is -2.03. The number of thioether (sulfide) groups is 1. The van der Waals surface area contributed by atoms with Crippen LogP contribution in [0.1, 0.15) is 22.5 Å². The predicted molar refractivity (Wildman–Crippen MR) is 99.8 cm³/mol. The minimum absolute atomic E-state index is 0.171. The molecule has 1 aromatic heterocycles. The molecular formula is C19H21NO3S. The smallest absolute Gasteiger partial charge is 0.287 e. The van der Waals surface area contributed by atoms with Crippen molar-refractivity contribution in [3.05, 3.63) is 47.7 Å². The fourth-order valence-electron chi connectivity index (χ4n) is 2.75. The van der Waals surface area contributed by atoms with E-state index in [1.54, 1.807) is 11.8 Å². The second kappa shape index (κ2) is 7.73. The summed E-state index contributed by atoms with van der Waals surface area (Å²) in [7, 11) is 0. The Hall–Kier alpha value is -1.98. The van der Waals surface area contributed by atoms with Gasteiger partial charge in [0.1, 0.15) is 5.58 Å². The van der Waals surface area contributed by atoms with Crippen LogP contribution in [0.5, 0.6) is 0 Å². The van der Waals surface area contributed by atoms with Gasteiger partial charge in [0.25, 0.3) is 5.91 Å². The van der Waals surface area contributed by atoms with Crippen LogP contribution in [0.25, 0.3) is 21.7 Å². The maximum atomic E-state index is 12.4. The Labute approximate surface area is 145 Å². The van der Waals surface area contributed by atoms with E-state index in [-0.39, 0.29) is 12.5 Å². The summed E-state index contributed by atoms with van der Waals surface area (Å²) in [5.74, 6) is 1.95. The van der Waals surface area contributed by atoms with E-state index in [0.717, 1.165) is 45.2 Å². The van der Waals surface area contributed by atoms with E-state index < -0.39 is 0 Å². The zero-order valence-electron chi connectivity index (χ0n) is 13.7. The van der Waals surface area contributed by atoms with Crippen LogP contribution in [0.15, 0.2) is 40.8 Å². The summed E-state index contributed by atoms with van der Waals surface area (Å²) in [4.78, 5) is 12.4. The van der Waals surface area contributed by atoms with Gasteiger partial charge in [-0.1, -0.05) is 36.4 Å². The number of carbonyl (C=O) groups excluding carboxylic acids is 1. The first kappa shape index (κ1) is 16.9. The van der Waals surface area contributed by atoms with Crippen molar-refractivity contribution in [2.24, 2.45) is 0 Å². The first-order valence-electron chi connectivity index (χ1n) is 8.10. The molecule has 1 heterocycles. The van der Waals surface area contributed by atoms with Gasteiger partial charge >= 0.3 is 0 Å². The van der Waals surface area contributed by atoms with Crippen molar-refractivity contribution >= 4 is 39.4 Å². The molecule has 2 aromatic carbocycles. The van der Waals surface area contributed by atoms with Crippen LogP contribution >= 0.6 is 11.8 Å². The number of fused-ring (bicyclic) bond motifs is 3. The maximum absolute atomic E-state index is 12.4. The molecule has 0 aliphatic carbocycles. The number of hydrogen-bond donors (Lipinski definition) is 2. The minimum Gasteiger partial charge on any atom is -0.450 e. The summed E-state index contributed by atoms with van der Waals surface area (Å²) in [6, 6.07) is 12.1. The summed E-state index contributed by atoms with van der Waals surface area (Å²) in [6.45, 7) is 2.73. The molecule has 0 unspecified atom stereocenters. The molecule has 0 bridgehead atoms. The number of rotatable bonds is 7. The van der Waals surface area contributed by atoms with Crippen LogP contribution in [0.3, 0.4) is 0 Å². The number of furan rings is 1. The van der Waals surface area contributed by atoms with Gasteiger partial charge in [0.2, 0.25) is 0 Å². The third-order valence-corrected chi connectivity index (χ3v) is 5.08. The van der Waals surface area contributed by atoms with Crippen molar-refractivity contribution in [3.63, 3.8) is 0 Å². The SMILES string of the molecule is Cc1c(C(=O)NCCSCCCO)oc2c1ccc1ccccc12. The number of amides is 1. The van der Waals surface area contributed by atoms with E-state index in [9.17, 15) is 4.79 Å². The van der Waals surface area contributed by atoms with Crippen molar-refractivity contribution < 1.29 is 14.3 Å². The van der Waals surface area contributed by atoms with Gasteiger partial charge in [0.15, 0.2) is 5.76 Å². The van der Waals surface area contributed by atoms with Gasteiger partial charge in [0.05, 0.1) is 0 Å². The zero-order chi connectivity index (χ0) is 16.9. The Balaban J connectivity index is 1.76. The van der Waals surface area contributed by atoms with Gasteiger partial charge in [-0.15, -0.1) is 0 Å². The lowest BCUT2D eigenvalue weighted by Crippen LogP contribution is -2.26. The summed E-state index contributed by atoms with van der Waals surface area (Å²) >= 11 is 1.72. The highest BCUT2D eigenvalue weighted by molar-refractivity contribution is 7.99. The van der Waals surface area contributed by atoms with Crippen LogP contribution in [0.2, 0.25) is 0 Å². The van der Waals surface area contributed by atoms with Gasteiger partial charge in [-0.2, -0.15) is 11.8 Å². The first-order chi connectivity index (χ1) is 11.7. The lowest BCUT2D eigenvalue weighted by molar-refractivity contribution is 0.0930. The average molecular weight is 343 g/mol. The Bertz CT molecular complexity index is 856. The predicted octanol–water partition coefficient (Wildman–Crippen LogP) is 3.74. The highest BCUT2D eigenvalue weighted by Gasteiger charge is 2.18. The number of benzene rings is 2. The standard InChI is InChI=1S/C19H21NO3S/c1-13-15-8-7-14-5-2-3-6-16(14)18(15)23-17(13)19(22)20-9-12-24-11-4-10-21/h2-3,5-8,21H,4,9-12H2,1H3,(H,20,22). The molecule has 3 rings (SSSR count). The lowest BCUT2D eigenvalue weighted by atomic mass is 10.1. The van der Waals surface area contributed by atoms with Crippen molar-refractivity contribution in [1.82, 2.24) is 5.32 Å². The van der Waals surface area contributed by atoms with Crippen molar-refractivity contribution in [3.8, 4) is 0 Å². The molecular weight excluding hydrogens is 322 g/mol. The van der Waals surface area contributed by atoms with Gasteiger partial charge in [-0.25, -0.2) is 0 Å². The second-order valence-corrected chi connectivity index (χ2v) is 6.89. The number of aliphatic hydroxyl groups excluding tert-OH is 1. The fourth-order valence-corrected chi connectivity index (χ4v) is 3.54. The van der Waals surface area contributed by atoms with E-state index >= 15 is 0 Å².